The number of aromatic nitrogens is 2. The third-order valence-corrected chi connectivity index (χ3v) is 4.12. The molecule has 1 aromatic carbocycles. The SMILES string of the molecule is O=C(OCc1ccccc1Br)C1Cc2nc[nH]c2CN1. The minimum atomic E-state index is -0.326. The Balaban J connectivity index is 1.59. The van der Waals surface area contributed by atoms with Gasteiger partial charge in [-0.3, -0.25) is 10.1 Å². The Bertz CT molecular complexity index is 626. The molecule has 20 heavy (non-hydrogen) atoms. The molecule has 1 unspecified atom stereocenters. The number of benzene rings is 1. The highest BCUT2D eigenvalue weighted by Gasteiger charge is 2.26. The molecule has 0 radical (unpaired) electrons. The van der Waals surface area contributed by atoms with Crippen molar-refractivity contribution in [1.29, 1.82) is 0 Å². The van der Waals surface area contributed by atoms with Crippen LogP contribution < -0.4 is 5.32 Å². The molecule has 0 spiro atoms. The molecule has 0 saturated carbocycles. The maximum absolute atomic E-state index is 12.1. The second-order valence-corrected chi connectivity index (χ2v) is 5.52. The lowest BCUT2D eigenvalue weighted by molar-refractivity contribution is -0.147. The van der Waals surface area contributed by atoms with Gasteiger partial charge < -0.3 is 9.72 Å². The second kappa shape index (κ2) is 5.76. The van der Waals surface area contributed by atoms with Gasteiger partial charge in [0.1, 0.15) is 12.6 Å². The number of fused-ring (bicyclic) bond motifs is 1. The van der Waals surface area contributed by atoms with E-state index in [4.69, 9.17) is 4.74 Å². The van der Waals surface area contributed by atoms with Gasteiger partial charge in [-0.2, -0.15) is 0 Å². The minimum absolute atomic E-state index is 0.241. The molecule has 0 aliphatic carbocycles. The largest absolute Gasteiger partial charge is 0.460 e. The third-order valence-electron chi connectivity index (χ3n) is 3.34. The Labute approximate surface area is 124 Å². The van der Waals surface area contributed by atoms with Crippen molar-refractivity contribution < 1.29 is 9.53 Å². The first-order chi connectivity index (χ1) is 9.74. The van der Waals surface area contributed by atoms with Crippen LogP contribution in [0.15, 0.2) is 35.1 Å². The summed E-state index contributed by atoms with van der Waals surface area (Å²) in [6.45, 7) is 0.885. The number of rotatable bonds is 3. The van der Waals surface area contributed by atoms with Crippen LogP contribution in [0.5, 0.6) is 0 Å². The van der Waals surface area contributed by atoms with Gasteiger partial charge in [-0.05, 0) is 6.07 Å². The molecule has 5 nitrogen and oxygen atoms in total. The van der Waals surface area contributed by atoms with Crippen LogP contribution in [0.4, 0.5) is 0 Å². The summed E-state index contributed by atoms with van der Waals surface area (Å²) in [6, 6.07) is 7.38. The number of nitrogens with zero attached hydrogens (tertiary/aromatic N) is 1. The maximum Gasteiger partial charge on any atom is 0.323 e. The summed E-state index contributed by atoms with van der Waals surface area (Å²) in [5, 5.41) is 3.15. The van der Waals surface area contributed by atoms with Crippen molar-refractivity contribution in [3.8, 4) is 0 Å². The average molecular weight is 336 g/mol. The van der Waals surface area contributed by atoms with Crippen LogP contribution >= 0.6 is 15.9 Å². The highest BCUT2D eigenvalue weighted by atomic mass is 79.9. The molecule has 0 bridgehead atoms. The predicted molar refractivity (Wildman–Crippen MR) is 76.9 cm³/mol. The standard InChI is InChI=1S/C14H14BrN3O2/c15-10-4-2-1-3-9(10)7-20-14(19)12-5-11-13(6-16-12)18-8-17-11/h1-4,8,12,16H,5-7H2,(H,17,18). The zero-order chi connectivity index (χ0) is 13.9. The summed E-state index contributed by atoms with van der Waals surface area (Å²) in [5.74, 6) is -0.241. The molecule has 1 aromatic heterocycles. The Morgan fingerprint density at radius 2 is 2.30 bits per heavy atom. The molecule has 1 aliphatic rings. The lowest BCUT2D eigenvalue weighted by atomic mass is 10.1. The van der Waals surface area contributed by atoms with Gasteiger partial charge in [-0.1, -0.05) is 34.1 Å². The molecule has 104 valence electrons. The molecule has 1 aliphatic heterocycles. The van der Waals surface area contributed by atoms with E-state index in [-0.39, 0.29) is 18.6 Å². The van der Waals surface area contributed by atoms with Crippen molar-refractivity contribution in [2.75, 3.05) is 0 Å². The van der Waals surface area contributed by atoms with E-state index in [1.807, 2.05) is 24.3 Å². The fraction of sp³-hybridized carbons (Fsp3) is 0.286. The van der Waals surface area contributed by atoms with Crippen LogP contribution in [-0.4, -0.2) is 22.0 Å². The quantitative estimate of drug-likeness (QED) is 0.841. The first-order valence-electron chi connectivity index (χ1n) is 6.38. The Morgan fingerprint density at radius 3 is 3.15 bits per heavy atom. The van der Waals surface area contributed by atoms with Gasteiger partial charge in [0.05, 0.1) is 17.7 Å². The number of hydrogen-bond donors (Lipinski definition) is 2. The van der Waals surface area contributed by atoms with Gasteiger partial charge in [0.25, 0.3) is 0 Å². The van der Waals surface area contributed by atoms with Crippen LogP contribution in [0.3, 0.4) is 0 Å². The van der Waals surface area contributed by atoms with E-state index >= 15 is 0 Å². The molecular weight excluding hydrogens is 322 g/mol. The fourth-order valence-electron chi connectivity index (χ4n) is 2.20. The van der Waals surface area contributed by atoms with Crippen molar-refractivity contribution in [1.82, 2.24) is 15.3 Å². The molecule has 2 aromatic rings. The second-order valence-electron chi connectivity index (χ2n) is 4.66. The van der Waals surface area contributed by atoms with Gasteiger partial charge in [0, 0.05) is 23.0 Å². The Morgan fingerprint density at radius 1 is 1.45 bits per heavy atom. The van der Waals surface area contributed by atoms with Gasteiger partial charge in [-0.25, -0.2) is 4.98 Å². The molecule has 0 saturated heterocycles. The Hall–Kier alpha value is -1.66. The zero-order valence-corrected chi connectivity index (χ0v) is 12.3. The van der Waals surface area contributed by atoms with E-state index in [0.717, 1.165) is 21.4 Å². The van der Waals surface area contributed by atoms with E-state index < -0.39 is 0 Å². The monoisotopic (exact) mass is 335 g/mol. The summed E-state index contributed by atoms with van der Waals surface area (Å²) in [5.41, 5.74) is 2.93. The highest BCUT2D eigenvalue weighted by molar-refractivity contribution is 9.10. The predicted octanol–water partition coefficient (Wildman–Crippen LogP) is 1.93. The van der Waals surface area contributed by atoms with Gasteiger partial charge in [0.15, 0.2) is 0 Å². The number of esters is 1. The van der Waals surface area contributed by atoms with Crippen LogP contribution in [0.25, 0.3) is 0 Å². The van der Waals surface area contributed by atoms with Crippen LogP contribution in [0.1, 0.15) is 17.0 Å². The highest BCUT2D eigenvalue weighted by Crippen LogP contribution is 2.18. The maximum atomic E-state index is 12.1. The summed E-state index contributed by atoms with van der Waals surface area (Å²) in [7, 11) is 0. The van der Waals surface area contributed by atoms with Crippen molar-refractivity contribution in [2.24, 2.45) is 0 Å². The third kappa shape index (κ3) is 2.76. The van der Waals surface area contributed by atoms with Crippen molar-refractivity contribution in [3.05, 3.63) is 52.0 Å². The van der Waals surface area contributed by atoms with Crippen LogP contribution in [0, 0.1) is 0 Å². The first kappa shape index (κ1) is 13.3. The molecule has 0 fully saturated rings. The van der Waals surface area contributed by atoms with Crippen molar-refractivity contribution in [2.45, 2.75) is 25.6 Å². The van der Waals surface area contributed by atoms with E-state index in [0.29, 0.717) is 13.0 Å². The number of hydrogen-bond acceptors (Lipinski definition) is 4. The Kier molecular flexibility index (Phi) is 3.84. The first-order valence-corrected chi connectivity index (χ1v) is 7.18. The number of imidazole rings is 1. The van der Waals surface area contributed by atoms with E-state index in [1.165, 1.54) is 0 Å². The minimum Gasteiger partial charge on any atom is -0.460 e. The summed E-state index contributed by atoms with van der Waals surface area (Å²) >= 11 is 3.44. The lowest BCUT2D eigenvalue weighted by Gasteiger charge is -2.21. The lowest BCUT2D eigenvalue weighted by Crippen LogP contribution is -2.42. The summed E-state index contributed by atoms with van der Waals surface area (Å²) in [6.07, 6.45) is 2.22. The smallest absolute Gasteiger partial charge is 0.323 e. The molecule has 2 heterocycles. The van der Waals surface area contributed by atoms with E-state index in [1.54, 1.807) is 6.33 Å². The molecule has 2 N–H and O–H groups in total. The average Bonchev–Trinajstić information content (AvgIpc) is 2.93. The van der Waals surface area contributed by atoms with E-state index in [9.17, 15) is 4.79 Å². The summed E-state index contributed by atoms with van der Waals surface area (Å²) < 4.78 is 6.31. The molecule has 3 rings (SSSR count). The summed E-state index contributed by atoms with van der Waals surface area (Å²) in [4.78, 5) is 19.3. The topological polar surface area (TPSA) is 67.0 Å². The van der Waals surface area contributed by atoms with E-state index in [2.05, 4.69) is 31.2 Å². The number of aromatic amines is 1. The number of halogens is 1. The number of ether oxygens (including phenoxy) is 1. The molecule has 0 amide bonds. The number of carbonyl (C=O) groups is 1. The van der Waals surface area contributed by atoms with Crippen LogP contribution in [0.2, 0.25) is 0 Å². The van der Waals surface area contributed by atoms with Crippen molar-refractivity contribution in [3.63, 3.8) is 0 Å². The zero-order valence-electron chi connectivity index (χ0n) is 10.7. The number of nitrogens with one attached hydrogen (secondary N) is 2. The molecule has 6 heteroatoms. The van der Waals surface area contributed by atoms with Gasteiger partial charge in [0.2, 0.25) is 0 Å². The van der Waals surface area contributed by atoms with Crippen molar-refractivity contribution >= 4 is 21.9 Å². The fourth-order valence-corrected chi connectivity index (χ4v) is 2.60. The molecular formula is C14H14BrN3O2. The normalized spacial score (nSPS) is 17.6. The van der Waals surface area contributed by atoms with Crippen LogP contribution in [-0.2, 0) is 29.1 Å². The van der Waals surface area contributed by atoms with Gasteiger partial charge in [-0.15, -0.1) is 0 Å². The molecule has 1 atom stereocenters. The number of H-pyrrole nitrogens is 1. The number of carbonyl (C=O) groups excluding carboxylic acids is 1. The van der Waals surface area contributed by atoms with Gasteiger partial charge >= 0.3 is 5.97 Å².